The van der Waals surface area contributed by atoms with Crippen molar-refractivity contribution >= 4 is 6.01 Å². The number of benzene rings is 1. The largest absolute Gasteiger partial charge is 0.492 e. The zero-order valence-corrected chi connectivity index (χ0v) is 11.3. The zero-order chi connectivity index (χ0) is 13.8. The Hall–Kier alpha value is -2.08. The van der Waals surface area contributed by atoms with Gasteiger partial charge in [-0.3, -0.25) is 0 Å². The summed E-state index contributed by atoms with van der Waals surface area (Å²) in [4.78, 5) is 2.12. The second kappa shape index (κ2) is 5.92. The third-order valence-corrected chi connectivity index (χ3v) is 3.28. The van der Waals surface area contributed by atoms with Crippen LogP contribution in [0, 0.1) is 0 Å². The Morgan fingerprint density at radius 2 is 1.90 bits per heavy atom. The molecule has 1 saturated heterocycles. The van der Waals surface area contributed by atoms with Gasteiger partial charge in [-0.05, 0) is 37.1 Å². The summed E-state index contributed by atoms with van der Waals surface area (Å²) < 4.78 is 11.2. The second-order valence-electron chi connectivity index (χ2n) is 4.75. The Kier molecular flexibility index (Phi) is 3.83. The van der Waals surface area contributed by atoms with Gasteiger partial charge >= 0.3 is 6.01 Å². The molecule has 2 N–H and O–H groups in total. The van der Waals surface area contributed by atoms with Crippen molar-refractivity contribution in [2.24, 2.45) is 5.73 Å². The minimum Gasteiger partial charge on any atom is -0.492 e. The second-order valence-corrected chi connectivity index (χ2v) is 4.75. The smallest absolute Gasteiger partial charge is 0.318 e. The summed E-state index contributed by atoms with van der Waals surface area (Å²) in [5.74, 6) is 1.33. The third-order valence-electron chi connectivity index (χ3n) is 3.28. The highest BCUT2D eigenvalue weighted by Crippen LogP contribution is 2.25. The Bertz CT molecular complexity index is 547. The summed E-state index contributed by atoms with van der Waals surface area (Å²) in [6, 6.07) is 8.19. The molecule has 0 aliphatic carbocycles. The first-order valence-electron chi connectivity index (χ1n) is 6.88. The van der Waals surface area contributed by atoms with Crippen LogP contribution in [0.5, 0.6) is 5.75 Å². The SMILES string of the molecule is NCCOc1ccc(-c2nnc(N3CCCC3)o2)cc1. The van der Waals surface area contributed by atoms with Gasteiger partial charge in [0.05, 0.1) is 0 Å². The van der Waals surface area contributed by atoms with Crippen molar-refractivity contribution in [2.45, 2.75) is 12.8 Å². The van der Waals surface area contributed by atoms with Gasteiger partial charge in [-0.15, -0.1) is 5.10 Å². The molecule has 2 aromatic rings. The predicted molar refractivity (Wildman–Crippen MR) is 75.7 cm³/mol. The average Bonchev–Trinajstić information content (AvgIpc) is 3.16. The van der Waals surface area contributed by atoms with Crippen LogP contribution in [-0.4, -0.2) is 36.4 Å². The van der Waals surface area contributed by atoms with E-state index in [9.17, 15) is 0 Å². The van der Waals surface area contributed by atoms with E-state index in [1.807, 2.05) is 24.3 Å². The maximum Gasteiger partial charge on any atom is 0.318 e. The van der Waals surface area contributed by atoms with E-state index in [4.69, 9.17) is 14.9 Å². The van der Waals surface area contributed by atoms with Crippen molar-refractivity contribution in [3.8, 4) is 17.2 Å². The molecule has 106 valence electrons. The van der Waals surface area contributed by atoms with Gasteiger partial charge < -0.3 is 19.8 Å². The van der Waals surface area contributed by atoms with Crippen molar-refractivity contribution in [2.75, 3.05) is 31.1 Å². The van der Waals surface area contributed by atoms with Gasteiger partial charge in [0.25, 0.3) is 0 Å². The molecular formula is C14H18N4O2. The number of anilines is 1. The van der Waals surface area contributed by atoms with E-state index >= 15 is 0 Å². The van der Waals surface area contributed by atoms with Gasteiger partial charge in [0.15, 0.2) is 0 Å². The van der Waals surface area contributed by atoms with Crippen LogP contribution in [0.3, 0.4) is 0 Å². The molecule has 0 bridgehead atoms. The van der Waals surface area contributed by atoms with E-state index in [2.05, 4.69) is 15.1 Å². The highest BCUT2D eigenvalue weighted by atomic mass is 16.5. The summed E-state index contributed by atoms with van der Waals surface area (Å²) >= 11 is 0. The van der Waals surface area contributed by atoms with Crippen LogP contribution in [0.4, 0.5) is 6.01 Å². The molecule has 6 nitrogen and oxygen atoms in total. The zero-order valence-electron chi connectivity index (χ0n) is 11.3. The maximum absolute atomic E-state index is 5.72. The minimum atomic E-state index is 0.505. The monoisotopic (exact) mass is 274 g/mol. The molecule has 0 radical (unpaired) electrons. The van der Waals surface area contributed by atoms with E-state index in [1.54, 1.807) is 0 Å². The third kappa shape index (κ3) is 2.75. The van der Waals surface area contributed by atoms with Gasteiger partial charge in [-0.1, -0.05) is 5.10 Å². The van der Waals surface area contributed by atoms with Crippen LogP contribution in [0.25, 0.3) is 11.5 Å². The molecule has 1 aliphatic rings. The Morgan fingerprint density at radius 1 is 1.15 bits per heavy atom. The molecule has 1 aromatic carbocycles. The quantitative estimate of drug-likeness (QED) is 0.893. The minimum absolute atomic E-state index is 0.505. The number of nitrogens with two attached hydrogens (primary N) is 1. The Balaban J connectivity index is 1.72. The summed E-state index contributed by atoms with van der Waals surface area (Å²) in [5.41, 5.74) is 6.29. The van der Waals surface area contributed by atoms with E-state index in [0.717, 1.165) is 24.4 Å². The van der Waals surface area contributed by atoms with E-state index in [1.165, 1.54) is 12.8 Å². The maximum atomic E-state index is 5.72. The summed E-state index contributed by atoms with van der Waals surface area (Å²) in [6.07, 6.45) is 2.37. The summed E-state index contributed by atoms with van der Waals surface area (Å²) in [5, 5.41) is 8.21. The van der Waals surface area contributed by atoms with E-state index in [0.29, 0.717) is 25.1 Å². The van der Waals surface area contributed by atoms with Gasteiger partial charge in [0.1, 0.15) is 12.4 Å². The first-order chi connectivity index (χ1) is 9.86. The first-order valence-corrected chi connectivity index (χ1v) is 6.88. The van der Waals surface area contributed by atoms with Gasteiger partial charge in [-0.25, -0.2) is 0 Å². The van der Waals surface area contributed by atoms with Crippen LogP contribution in [0.15, 0.2) is 28.7 Å². The molecule has 0 amide bonds. The summed E-state index contributed by atoms with van der Waals surface area (Å²) in [6.45, 7) is 3.00. The highest BCUT2D eigenvalue weighted by molar-refractivity contribution is 5.55. The van der Waals surface area contributed by atoms with Crippen molar-refractivity contribution in [1.82, 2.24) is 10.2 Å². The molecule has 1 aliphatic heterocycles. The highest BCUT2D eigenvalue weighted by Gasteiger charge is 2.18. The van der Waals surface area contributed by atoms with Crippen molar-refractivity contribution < 1.29 is 9.15 Å². The Morgan fingerprint density at radius 3 is 2.60 bits per heavy atom. The molecule has 2 heterocycles. The van der Waals surface area contributed by atoms with Crippen LogP contribution < -0.4 is 15.4 Å². The number of ether oxygens (including phenoxy) is 1. The fraction of sp³-hybridized carbons (Fsp3) is 0.429. The predicted octanol–water partition coefficient (Wildman–Crippen LogP) is 1.67. The molecule has 1 fully saturated rings. The van der Waals surface area contributed by atoms with E-state index in [-0.39, 0.29) is 0 Å². The molecular weight excluding hydrogens is 256 g/mol. The molecule has 0 atom stereocenters. The number of hydrogen-bond donors (Lipinski definition) is 1. The van der Waals surface area contributed by atoms with Crippen LogP contribution in [0.2, 0.25) is 0 Å². The average molecular weight is 274 g/mol. The lowest BCUT2D eigenvalue weighted by molar-refractivity contribution is 0.328. The van der Waals surface area contributed by atoms with Gasteiger partial charge in [-0.2, -0.15) is 0 Å². The standard InChI is InChI=1S/C14H18N4O2/c15-7-10-19-12-5-3-11(4-6-12)13-16-17-14(20-13)18-8-1-2-9-18/h3-6H,1-2,7-10,15H2. The molecule has 6 heteroatoms. The lowest BCUT2D eigenvalue weighted by atomic mass is 10.2. The lowest BCUT2D eigenvalue weighted by Crippen LogP contribution is -2.17. The lowest BCUT2D eigenvalue weighted by Gasteiger charge is -2.09. The van der Waals surface area contributed by atoms with Crippen LogP contribution in [0.1, 0.15) is 12.8 Å². The molecule has 3 rings (SSSR count). The van der Waals surface area contributed by atoms with Crippen LogP contribution >= 0.6 is 0 Å². The fourth-order valence-electron chi connectivity index (χ4n) is 2.24. The first kappa shape index (κ1) is 12.9. The van der Waals surface area contributed by atoms with Crippen molar-refractivity contribution in [3.63, 3.8) is 0 Å². The number of nitrogens with zero attached hydrogens (tertiary/aromatic N) is 3. The molecule has 0 spiro atoms. The molecule has 0 unspecified atom stereocenters. The molecule has 1 aromatic heterocycles. The van der Waals surface area contributed by atoms with Gasteiger partial charge in [0.2, 0.25) is 5.89 Å². The fourth-order valence-corrected chi connectivity index (χ4v) is 2.24. The number of rotatable bonds is 5. The van der Waals surface area contributed by atoms with Crippen molar-refractivity contribution in [1.29, 1.82) is 0 Å². The summed E-state index contributed by atoms with van der Waals surface area (Å²) in [7, 11) is 0. The van der Waals surface area contributed by atoms with Gasteiger partial charge in [0, 0.05) is 25.2 Å². The number of aromatic nitrogens is 2. The molecule has 0 saturated carbocycles. The topological polar surface area (TPSA) is 77.4 Å². The van der Waals surface area contributed by atoms with Crippen molar-refractivity contribution in [3.05, 3.63) is 24.3 Å². The molecule has 20 heavy (non-hydrogen) atoms. The van der Waals surface area contributed by atoms with Crippen LogP contribution in [-0.2, 0) is 0 Å². The Labute approximate surface area is 117 Å². The number of hydrogen-bond acceptors (Lipinski definition) is 6. The van der Waals surface area contributed by atoms with E-state index < -0.39 is 0 Å². The normalized spacial score (nSPS) is 14.8.